The maximum absolute atomic E-state index is 12.8. The van der Waals surface area contributed by atoms with Crippen LogP contribution >= 0.6 is 11.6 Å². The van der Waals surface area contributed by atoms with Gasteiger partial charge in [-0.1, -0.05) is 29.8 Å². The fourth-order valence-electron chi connectivity index (χ4n) is 3.94. The Morgan fingerprint density at radius 2 is 1.50 bits per heavy atom. The maximum Gasteiger partial charge on any atom is 0.416 e. The summed E-state index contributed by atoms with van der Waals surface area (Å²) in [7, 11) is 0. The second-order valence-corrected chi connectivity index (χ2v) is 8.07. The number of alkyl halides is 3. The monoisotopic (exact) mass is 436 g/mol. The predicted molar refractivity (Wildman–Crippen MR) is 106 cm³/mol. The van der Waals surface area contributed by atoms with Crippen molar-refractivity contribution in [1.29, 1.82) is 0 Å². The maximum atomic E-state index is 12.8. The van der Waals surface area contributed by atoms with Crippen molar-refractivity contribution >= 4 is 23.4 Å². The molecule has 1 heterocycles. The molecule has 2 aromatic carbocycles. The van der Waals surface area contributed by atoms with Gasteiger partial charge in [-0.15, -0.1) is 0 Å². The van der Waals surface area contributed by atoms with Crippen LogP contribution in [0.25, 0.3) is 0 Å². The number of halogens is 4. The zero-order valence-electron chi connectivity index (χ0n) is 16.0. The minimum atomic E-state index is -4.43. The first kappa shape index (κ1) is 20.7. The number of piperazine rings is 1. The average Bonchev–Trinajstić information content (AvgIpc) is 3.53. The van der Waals surface area contributed by atoms with Crippen LogP contribution in [0.3, 0.4) is 0 Å². The zero-order chi connectivity index (χ0) is 21.5. The molecule has 2 amide bonds. The van der Waals surface area contributed by atoms with Crippen molar-refractivity contribution in [2.24, 2.45) is 5.92 Å². The van der Waals surface area contributed by atoms with Crippen molar-refractivity contribution in [3.63, 3.8) is 0 Å². The molecule has 0 aromatic heterocycles. The summed E-state index contributed by atoms with van der Waals surface area (Å²) in [4.78, 5) is 28.7. The van der Waals surface area contributed by atoms with Crippen LogP contribution < -0.4 is 0 Å². The molecule has 2 aliphatic rings. The summed E-state index contributed by atoms with van der Waals surface area (Å²) < 4.78 is 38.0. The van der Waals surface area contributed by atoms with Crippen molar-refractivity contribution in [1.82, 2.24) is 9.80 Å². The first-order valence-electron chi connectivity index (χ1n) is 9.75. The second kappa shape index (κ2) is 7.95. The van der Waals surface area contributed by atoms with Gasteiger partial charge in [0.1, 0.15) is 0 Å². The van der Waals surface area contributed by atoms with E-state index in [0.29, 0.717) is 31.2 Å². The number of amides is 2. The highest BCUT2D eigenvalue weighted by atomic mass is 35.5. The normalized spacial score (nSPS) is 21.5. The summed E-state index contributed by atoms with van der Waals surface area (Å²) in [5, 5.41) is 0.671. The van der Waals surface area contributed by atoms with E-state index in [9.17, 15) is 22.8 Å². The van der Waals surface area contributed by atoms with E-state index in [0.717, 1.165) is 24.1 Å². The van der Waals surface area contributed by atoms with E-state index < -0.39 is 11.7 Å². The molecule has 8 heteroatoms. The number of rotatable bonds is 3. The van der Waals surface area contributed by atoms with Gasteiger partial charge in [-0.2, -0.15) is 13.2 Å². The molecular weight excluding hydrogens is 417 g/mol. The van der Waals surface area contributed by atoms with Crippen LogP contribution in [-0.4, -0.2) is 47.8 Å². The Kier molecular flexibility index (Phi) is 5.49. The summed E-state index contributed by atoms with van der Waals surface area (Å²) in [5.74, 6) is -0.196. The molecule has 158 valence electrons. The van der Waals surface area contributed by atoms with Gasteiger partial charge in [-0.25, -0.2) is 0 Å². The van der Waals surface area contributed by atoms with Crippen LogP contribution in [0.4, 0.5) is 13.2 Å². The first-order valence-corrected chi connectivity index (χ1v) is 10.1. The Bertz CT molecular complexity index is 954. The third-order valence-corrected chi connectivity index (χ3v) is 6.09. The van der Waals surface area contributed by atoms with Gasteiger partial charge in [0.05, 0.1) is 5.56 Å². The van der Waals surface area contributed by atoms with Gasteiger partial charge in [-0.05, 0) is 48.2 Å². The van der Waals surface area contributed by atoms with Crippen LogP contribution in [0, 0.1) is 5.92 Å². The van der Waals surface area contributed by atoms with Crippen molar-refractivity contribution in [3.8, 4) is 0 Å². The van der Waals surface area contributed by atoms with Crippen LogP contribution in [0.15, 0.2) is 48.5 Å². The van der Waals surface area contributed by atoms with Crippen LogP contribution in [0.2, 0.25) is 5.02 Å². The number of nitrogens with zero attached hydrogens (tertiary/aromatic N) is 2. The lowest BCUT2D eigenvalue weighted by Gasteiger charge is -2.35. The van der Waals surface area contributed by atoms with Gasteiger partial charge < -0.3 is 9.80 Å². The van der Waals surface area contributed by atoms with E-state index in [2.05, 4.69) is 0 Å². The fourth-order valence-corrected chi connectivity index (χ4v) is 4.21. The number of hydrogen-bond acceptors (Lipinski definition) is 2. The summed E-state index contributed by atoms with van der Waals surface area (Å²) in [6.45, 7) is 1.54. The molecule has 1 saturated heterocycles. The molecule has 2 aromatic rings. The van der Waals surface area contributed by atoms with Gasteiger partial charge >= 0.3 is 6.18 Å². The van der Waals surface area contributed by atoms with Gasteiger partial charge in [0.2, 0.25) is 5.91 Å². The van der Waals surface area contributed by atoms with Gasteiger partial charge in [-0.3, -0.25) is 9.59 Å². The zero-order valence-corrected chi connectivity index (χ0v) is 16.8. The molecule has 1 saturated carbocycles. The molecule has 1 aliphatic carbocycles. The highest BCUT2D eigenvalue weighted by molar-refractivity contribution is 6.31. The van der Waals surface area contributed by atoms with Crippen molar-refractivity contribution in [3.05, 3.63) is 70.2 Å². The number of carbonyl (C=O) groups is 2. The molecule has 2 atom stereocenters. The Labute approximate surface area is 177 Å². The van der Waals surface area contributed by atoms with E-state index >= 15 is 0 Å². The second-order valence-electron chi connectivity index (χ2n) is 7.66. The van der Waals surface area contributed by atoms with Gasteiger partial charge in [0.15, 0.2) is 0 Å². The van der Waals surface area contributed by atoms with Crippen molar-refractivity contribution in [2.45, 2.75) is 18.5 Å². The molecule has 4 nitrogen and oxygen atoms in total. The highest BCUT2D eigenvalue weighted by Gasteiger charge is 2.47. The standard InChI is InChI=1S/C22H20ClF3N2O2/c23-19-4-2-1-3-16(19)17-13-18(17)21(30)28-11-9-27(10-12-28)20(29)14-5-7-15(8-6-14)22(24,25)26/h1-8,17-18H,9-13H2. The lowest BCUT2D eigenvalue weighted by molar-refractivity contribution is -0.137. The third-order valence-electron chi connectivity index (χ3n) is 5.75. The first-order chi connectivity index (χ1) is 14.3. The van der Waals surface area contributed by atoms with E-state index in [1.807, 2.05) is 24.3 Å². The Morgan fingerprint density at radius 1 is 0.900 bits per heavy atom. The summed E-state index contributed by atoms with van der Waals surface area (Å²) >= 11 is 6.23. The summed E-state index contributed by atoms with van der Waals surface area (Å²) in [5.41, 5.74) is 0.421. The van der Waals surface area contributed by atoms with Crippen molar-refractivity contribution in [2.75, 3.05) is 26.2 Å². The van der Waals surface area contributed by atoms with Crippen LogP contribution in [0.1, 0.15) is 33.8 Å². The van der Waals surface area contributed by atoms with Gasteiger partial charge in [0.25, 0.3) is 5.91 Å². The van der Waals surface area contributed by atoms with E-state index in [4.69, 9.17) is 11.6 Å². The summed E-state index contributed by atoms with van der Waals surface area (Å²) in [6, 6.07) is 11.8. The lowest BCUT2D eigenvalue weighted by Crippen LogP contribution is -2.51. The molecular formula is C22H20ClF3N2O2. The molecule has 0 spiro atoms. The molecule has 0 radical (unpaired) electrons. The SMILES string of the molecule is O=C(c1ccc(C(F)(F)F)cc1)N1CCN(C(=O)C2CC2c2ccccc2Cl)CC1. The number of carbonyl (C=O) groups excluding carboxylic acids is 2. The molecule has 2 unspecified atom stereocenters. The van der Waals surface area contributed by atoms with E-state index in [-0.39, 0.29) is 29.2 Å². The Hall–Kier alpha value is -2.54. The highest BCUT2D eigenvalue weighted by Crippen LogP contribution is 2.50. The van der Waals surface area contributed by atoms with Gasteiger partial charge in [0, 0.05) is 42.7 Å². The molecule has 4 rings (SSSR count). The average molecular weight is 437 g/mol. The van der Waals surface area contributed by atoms with E-state index in [1.165, 1.54) is 12.1 Å². The van der Waals surface area contributed by atoms with Crippen LogP contribution in [0.5, 0.6) is 0 Å². The Morgan fingerprint density at radius 3 is 2.10 bits per heavy atom. The molecule has 30 heavy (non-hydrogen) atoms. The smallest absolute Gasteiger partial charge is 0.339 e. The quantitative estimate of drug-likeness (QED) is 0.713. The molecule has 0 bridgehead atoms. The number of benzene rings is 2. The van der Waals surface area contributed by atoms with Crippen molar-refractivity contribution < 1.29 is 22.8 Å². The molecule has 0 N–H and O–H groups in total. The topological polar surface area (TPSA) is 40.6 Å². The largest absolute Gasteiger partial charge is 0.416 e. The predicted octanol–water partition coefficient (Wildman–Crippen LogP) is 4.45. The lowest BCUT2D eigenvalue weighted by atomic mass is 10.1. The Balaban J connectivity index is 1.32. The van der Waals surface area contributed by atoms with Crippen LogP contribution in [-0.2, 0) is 11.0 Å². The molecule has 1 aliphatic heterocycles. The minimum absolute atomic E-state index is 0.0709. The third kappa shape index (κ3) is 4.17. The molecule has 2 fully saturated rings. The number of hydrogen-bond donors (Lipinski definition) is 0. The van der Waals surface area contributed by atoms with E-state index in [1.54, 1.807) is 9.80 Å². The fraction of sp³-hybridized carbons (Fsp3) is 0.364. The summed E-state index contributed by atoms with van der Waals surface area (Å²) in [6.07, 6.45) is -3.66. The minimum Gasteiger partial charge on any atom is -0.339 e.